The molecule has 3 atom stereocenters. The maximum absolute atomic E-state index is 5.82. The number of hydrogen-bond acceptors (Lipinski definition) is 1. The third-order valence-corrected chi connectivity index (χ3v) is 3.44. The molecule has 0 radical (unpaired) electrons. The summed E-state index contributed by atoms with van der Waals surface area (Å²) < 4.78 is 0. The van der Waals surface area contributed by atoms with Gasteiger partial charge in [0.1, 0.15) is 0 Å². The van der Waals surface area contributed by atoms with Crippen molar-refractivity contribution in [1.82, 2.24) is 0 Å². The first-order chi connectivity index (χ1) is 4.78. The van der Waals surface area contributed by atoms with Gasteiger partial charge in [-0.1, -0.05) is 19.8 Å². The number of rotatable bonds is 3. The molecule has 2 aliphatic carbocycles. The molecule has 3 unspecified atom stereocenters. The molecule has 0 aromatic rings. The van der Waals surface area contributed by atoms with E-state index in [9.17, 15) is 0 Å². The first-order valence-electron chi connectivity index (χ1n) is 4.54. The van der Waals surface area contributed by atoms with Crippen molar-refractivity contribution < 1.29 is 0 Å². The van der Waals surface area contributed by atoms with Gasteiger partial charge >= 0.3 is 0 Å². The minimum absolute atomic E-state index is 0.580. The molecule has 2 rings (SSSR count). The Balaban J connectivity index is 1.77. The average Bonchev–Trinajstić information content (AvgIpc) is 2.52. The second kappa shape index (κ2) is 1.97. The highest BCUT2D eigenvalue weighted by Crippen LogP contribution is 2.69. The fourth-order valence-electron chi connectivity index (χ4n) is 2.59. The fraction of sp³-hybridized carbons (Fsp3) is 1.00. The van der Waals surface area contributed by atoms with Crippen LogP contribution in [0, 0.1) is 11.3 Å². The first kappa shape index (κ1) is 6.66. The molecule has 0 spiro atoms. The Kier molecular flexibility index (Phi) is 1.31. The maximum Gasteiger partial charge on any atom is 0.00780 e. The lowest BCUT2D eigenvalue weighted by atomic mass is 9.77. The SMILES string of the molecule is CCCCC12CC(N)C1C2. The lowest BCUT2D eigenvalue weighted by molar-refractivity contribution is 0.226. The molecule has 1 heteroatoms. The summed E-state index contributed by atoms with van der Waals surface area (Å²) in [5, 5.41) is 0. The van der Waals surface area contributed by atoms with Gasteiger partial charge in [-0.3, -0.25) is 0 Å². The van der Waals surface area contributed by atoms with E-state index in [-0.39, 0.29) is 0 Å². The smallest absolute Gasteiger partial charge is 0.00780 e. The molecule has 0 bridgehead atoms. The molecule has 0 saturated heterocycles. The standard InChI is InChI=1S/C9H17N/c1-2-3-4-9-5-7(9)8(10)6-9/h7-8H,2-6,10H2,1H3. The first-order valence-corrected chi connectivity index (χ1v) is 4.54. The van der Waals surface area contributed by atoms with Gasteiger partial charge in [-0.05, 0) is 30.6 Å². The van der Waals surface area contributed by atoms with Gasteiger partial charge in [-0.25, -0.2) is 0 Å². The minimum atomic E-state index is 0.580. The predicted molar refractivity (Wildman–Crippen MR) is 42.7 cm³/mol. The van der Waals surface area contributed by atoms with E-state index in [2.05, 4.69) is 6.92 Å². The van der Waals surface area contributed by atoms with E-state index >= 15 is 0 Å². The summed E-state index contributed by atoms with van der Waals surface area (Å²) in [7, 11) is 0. The van der Waals surface area contributed by atoms with Crippen molar-refractivity contribution in [3.05, 3.63) is 0 Å². The summed E-state index contributed by atoms with van der Waals surface area (Å²) in [5.41, 5.74) is 6.61. The Morgan fingerprint density at radius 2 is 2.30 bits per heavy atom. The van der Waals surface area contributed by atoms with Gasteiger partial charge in [0.2, 0.25) is 0 Å². The number of fused-ring (bicyclic) bond motifs is 1. The molecule has 2 N–H and O–H groups in total. The summed E-state index contributed by atoms with van der Waals surface area (Å²) in [4.78, 5) is 0. The van der Waals surface area contributed by atoms with Gasteiger partial charge in [-0.2, -0.15) is 0 Å². The highest BCUT2D eigenvalue weighted by molar-refractivity contribution is 5.17. The van der Waals surface area contributed by atoms with Crippen molar-refractivity contribution in [3.8, 4) is 0 Å². The molecule has 0 heterocycles. The van der Waals surface area contributed by atoms with Crippen LogP contribution in [0.4, 0.5) is 0 Å². The Morgan fingerprint density at radius 1 is 1.50 bits per heavy atom. The molecule has 2 fully saturated rings. The Hall–Kier alpha value is -0.0400. The maximum atomic E-state index is 5.82. The van der Waals surface area contributed by atoms with E-state index in [1.165, 1.54) is 32.1 Å². The van der Waals surface area contributed by atoms with E-state index in [1.54, 1.807) is 0 Å². The third-order valence-electron chi connectivity index (χ3n) is 3.44. The van der Waals surface area contributed by atoms with Crippen molar-refractivity contribution in [2.45, 2.75) is 45.1 Å². The molecule has 2 aliphatic rings. The number of hydrogen-bond donors (Lipinski definition) is 1. The topological polar surface area (TPSA) is 26.0 Å². The zero-order valence-electron chi connectivity index (χ0n) is 6.77. The molecule has 0 amide bonds. The van der Waals surface area contributed by atoms with Crippen LogP contribution in [0.1, 0.15) is 39.0 Å². The quantitative estimate of drug-likeness (QED) is 0.635. The minimum Gasteiger partial charge on any atom is -0.327 e. The lowest BCUT2D eigenvalue weighted by Crippen LogP contribution is -2.38. The van der Waals surface area contributed by atoms with Gasteiger partial charge in [0.15, 0.2) is 0 Å². The molecule has 1 nitrogen and oxygen atoms in total. The van der Waals surface area contributed by atoms with Crippen LogP contribution < -0.4 is 5.73 Å². The highest BCUT2D eigenvalue weighted by Gasteiger charge is 2.64. The van der Waals surface area contributed by atoms with E-state index in [0.717, 1.165) is 11.3 Å². The van der Waals surface area contributed by atoms with Crippen LogP contribution in [0.3, 0.4) is 0 Å². The summed E-state index contributed by atoms with van der Waals surface area (Å²) in [6.45, 7) is 2.27. The third kappa shape index (κ3) is 0.731. The molecule has 10 heavy (non-hydrogen) atoms. The van der Waals surface area contributed by atoms with E-state index in [0.29, 0.717) is 6.04 Å². The lowest BCUT2D eigenvalue weighted by Gasteiger charge is -2.31. The van der Waals surface area contributed by atoms with Crippen LogP contribution in [0.5, 0.6) is 0 Å². The molecule has 0 aromatic carbocycles. The van der Waals surface area contributed by atoms with Crippen LogP contribution in [0.2, 0.25) is 0 Å². The van der Waals surface area contributed by atoms with E-state index < -0.39 is 0 Å². The molecule has 0 aromatic heterocycles. The largest absolute Gasteiger partial charge is 0.327 e. The summed E-state index contributed by atoms with van der Waals surface area (Å²) >= 11 is 0. The molecular formula is C9H17N. The van der Waals surface area contributed by atoms with Gasteiger partial charge in [0.05, 0.1) is 0 Å². The van der Waals surface area contributed by atoms with E-state index in [4.69, 9.17) is 5.73 Å². The Bertz CT molecular complexity index is 144. The summed E-state index contributed by atoms with van der Waals surface area (Å²) in [5.74, 6) is 0.944. The monoisotopic (exact) mass is 139 g/mol. The van der Waals surface area contributed by atoms with Crippen molar-refractivity contribution in [2.24, 2.45) is 17.1 Å². The van der Waals surface area contributed by atoms with E-state index in [1.807, 2.05) is 0 Å². The normalized spacial score (nSPS) is 49.8. The van der Waals surface area contributed by atoms with Gasteiger partial charge < -0.3 is 5.73 Å². The van der Waals surface area contributed by atoms with Gasteiger partial charge in [0.25, 0.3) is 0 Å². The van der Waals surface area contributed by atoms with Crippen molar-refractivity contribution >= 4 is 0 Å². The number of nitrogens with two attached hydrogens (primary N) is 1. The zero-order chi connectivity index (χ0) is 7.19. The Morgan fingerprint density at radius 3 is 2.70 bits per heavy atom. The second-order valence-corrected chi connectivity index (χ2v) is 4.14. The molecule has 2 saturated carbocycles. The van der Waals surface area contributed by atoms with Crippen molar-refractivity contribution in [3.63, 3.8) is 0 Å². The van der Waals surface area contributed by atoms with Gasteiger partial charge in [-0.15, -0.1) is 0 Å². The summed E-state index contributed by atoms with van der Waals surface area (Å²) in [6, 6.07) is 0.580. The highest BCUT2D eigenvalue weighted by atomic mass is 14.8. The van der Waals surface area contributed by atoms with Crippen LogP contribution in [-0.4, -0.2) is 6.04 Å². The fourth-order valence-corrected chi connectivity index (χ4v) is 2.59. The average molecular weight is 139 g/mol. The van der Waals surface area contributed by atoms with Crippen LogP contribution in [0.25, 0.3) is 0 Å². The predicted octanol–water partition coefficient (Wildman–Crippen LogP) is 1.91. The second-order valence-electron chi connectivity index (χ2n) is 4.14. The molecule has 0 aliphatic heterocycles. The Labute approximate surface area is 63.0 Å². The van der Waals surface area contributed by atoms with Crippen LogP contribution in [0.15, 0.2) is 0 Å². The van der Waals surface area contributed by atoms with Crippen molar-refractivity contribution in [1.29, 1.82) is 0 Å². The van der Waals surface area contributed by atoms with Crippen LogP contribution >= 0.6 is 0 Å². The zero-order valence-corrected chi connectivity index (χ0v) is 6.77. The van der Waals surface area contributed by atoms with Crippen LogP contribution in [-0.2, 0) is 0 Å². The van der Waals surface area contributed by atoms with Gasteiger partial charge in [0, 0.05) is 6.04 Å². The number of unbranched alkanes of at least 4 members (excludes halogenated alkanes) is 1. The summed E-state index contributed by atoms with van der Waals surface area (Å²) in [6.07, 6.45) is 7.01. The van der Waals surface area contributed by atoms with Crippen molar-refractivity contribution in [2.75, 3.05) is 0 Å². The molecule has 58 valence electrons. The molecular weight excluding hydrogens is 122 g/mol.